The Morgan fingerprint density at radius 1 is 0.839 bits per heavy atom. The summed E-state index contributed by atoms with van der Waals surface area (Å²) in [5.41, 5.74) is 1.01. The van der Waals surface area contributed by atoms with E-state index in [2.05, 4.69) is 15.3 Å². The maximum absolute atomic E-state index is 12.7. The van der Waals surface area contributed by atoms with Gasteiger partial charge >= 0.3 is 0 Å². The van der Waals surface area contributed by atoms with Gasteiger partial charge in [0.1, 0.15) is 22.2 Å². The van der Waals surface area contributed by atoms with Gasteiger partial charge in [0.15, 0.2) is 0 Å². The van der Waals surface area contributed by atoms with Crippen molar-refractivity contribution in [3.05, 3.63) is 96.8 Å². The molecule has 0 saturated heterocycles. The second kappa shape index (κ2) is 9.77. The van der Waals surface area contributed by atoms with Crippen molar-refractivity contribution < 1.29 is 14.3 Å². The van der Waals surface area contributed by atoms with Gasteiger partial charge in [-0.3, -0.25) is 4.79 Å². The van der Waals surface area contributed by atoms with Gasteiger partial charge in [-0.25, -0.2) is 9.97 Å². The van der Waals surface area contributed by atoms with Gasteiger partial charge in [0.25, 0.3) is 5.91 Å². The van der Waals surface area contributed by atoms with E-state index in [9.17, 15) is 4.79 Å². The minimum absolute atomic E-state index is 0.248. The van der Waals surface area contributed by atoms with E-state index in [0.717, 1.165) is 15.7 Å². The topological polar surface area (TPSA) is 73.3 Å². The summed E-state index contributed by atoms with van der Waals surface area (Å²) < 4.78 is 11.0. The highest BCUT2D eigenvalue weighted by Crippen LogP contribution is 2.29. The number of pyridine rings is 2. The number of hydrogen-bond acceptors (Lipinski definition) is 6. The highest BCUT2D eigenvalue weighted by molar-refractivity contribution is 7.99. The van der Waals surface area contributed by atoms with E-state index in [1.165, 1.54) is 11.8 Å². The number of carbonyl (C=O) groups excluding carboxylic acids is 1. The summed E-state index contributed by atoms with van der Waals surface area (Å²) >= 11 is 1.54. The minimum atomic E-state index is -0.248. The van der Waals surface area contributed by atoms with Crippen LogP contribution in [-0.2, 0) is 0 Å². The van der Waals surface area contributed by atoms with Crippen molar-refractivity contribution in [3.8, 4) is 17.4 Å². The van der Waals surface area contributed by atoms with Crippen LogP contribution in [-0.4, -0.2) is 23.0 Å². The summed E-state index contributed by atoms with van der Waals surface area (Å²) in [6.45, 7) is 0. The van der Waals surface area contributed by atoms with E-state index < -0.39 is 0 Å². The number of carbonyl (C=O) groups is 1. The fraction of sp³-hybridized carbons (Fsp3) is 0.0417. The lowest BCUT2D eigenvalue weighted by Gasteiger charge is -2.11. The molecule has 0 bridgehead atoms. The predicted molar refractivity (Wildman–Crippen MR) is 120 cm³/mol. The Bertz CT molecular complexity index is 1150. The van der Waals surface area contributed by atoms with E-state index in [-0.39, 0.29) is 5.91 Å². The highest BCUT2D eigenvalue weighted by Gasteiger charge is 2.12. The summed E-state index contributed by atoms with van der Waals surface area (Å²) in [5.74, 6) is 1.38. The number of anilines is 1. The molecule has 0 fully saturated rings. The molecule has 2 heterocycles. The third-order valence-electron chi connectivity index (χ3n) is 4.27. The van der Waals surface area contributed by atoms with Gasteiger partial charge < -0.3 is 14.8 Å². The van der Waals surface area contributed by atoms with E-state index >= 15 is 0 Å². The molecule has 0 aliphatic heterocycles. The molecule has 1 N–H and O–H groups in total. The van der Waals surface area contributed by atoms with Crippen LogP contribution in [0.15, 0.2) is 101 Å². The predicted octanol–water partition coefficient (Wildman–Crippen LogP) is 5.68. The second-order valence-corrected chi connectivity index (χ2v) is 7.48. The first-order chi connectivity index (χ1) is 15.2. The van der Waals surface area contributed by atoms with Gasteiger partial charge in [0.05, 0.1) is 7.11 Å². The van der Waals surface area contributed by atoms with Crippen molar-refractivity contribution >= 4 is 23.4 Å². The zero-order chi connectivity index (χ0) is 21.5. The van der Waals surface area contributed by atoms with Crippen LogP contribution in [0.4, 0.5) is 5.69 Å². The molecule has 154 valence electrons. The Labute approximate surface area is 184 Å². The Balaban J connectivity index is 1.44. The van der Waals surface area contributed by atoms with Gasteiger partial charge in [-0.1, -0.05) is 17.8 Å². The van der Waals surface area contributed by atoms with Gasteiger partial charge in [-0.2, -0.15) is 0 Å². The summed E-state index contributed by atoms with van der Waals surface area (Å²) in [4.78, 5) is 22.3. The number of rotatable bonds is 7. The maximum atomic E-state index is 12.7. The average Bonchev–Trinajstić information content (AvgIpc) is 2.82. The number of nitrogens with zero attached hydrogens (tertiary/aromatic N) is 2. The molecule has 0 atom stereocenters. The third-order valence-corrected chi connectivity index (χ3v) is 5.23. The largest absolute Gasteiger partial charge is 0.497 e. The smallest absolute Gasteiger partial charge is 0.255 e. The first kappa shape index (κ1) is 20.4. The Hall–Kier alpha value is -3.84. The Morgan fingerprint density at radius 2 is 1.58 bits per heavy atom. The van der Waals surface area contributed by atoms with Gasteiger partial charge in [-0.05, 0) is 72.8 Å². The van der Waals surface area contributed by atoms with Crippen LogP contribution >= 0.6 is 11.8 Å². The number of nitrogens with one attached hydrogen (secondary N) is 1. The molecule has 31 heavy (non-hydrogen) atoms. The molecular weight excluding hydrogens is 410 g/mol. The van der Waals surface area contributed by atoms with E-state index in [1.54, 1.807) is 68.0 Å². The molecule has 6 nitrogen and oxygen atoms in total. The maximum Gasteiger partial charge on any atom is 0.255 e. The van der Waals surface area contributed by atoms with Crippen LogP contribution in [0, 0.1) is 0 Å². The fourth-order valence-corrected chi connectivity index (χ4v) is 3.49. The standard InChI is InChI=1S/C24H19N3O3S/c1-29-18-9-11-19(12-10-18)30-24-21(5-4-16-26-24)27-23(28)17-7-13-20(14-8-17)31-22-6-2-3-15-25-22/h2-16H,1H3,(H,27,28). The van der Waals surface area contributed by atoms with Gasteiger partial charge in [-0.15, -0.1) is 0 Å². The van der Waals surface area contributed by atoms with Crippen molar-refractivity contribution in [2.24, 2.45) is 0 Å². The summed E-state index contributed by atoms with van der Waals surface area (Å²) in [7, 11) is 1.60. The van der Waals surface area contributed by atoms with Gasteiger partial charge in [0.2, 0.25) is 5.88 Å². The summed E-state index contributed by atoms with van der Waals surface area (Å²) in [5, 5.41) is 3.77. The number of methoxy groups -OCH3 is 1. The molecule has 0 saturated carbocycles. The normalized spacial score (nSPS) is 10.4. The third kappa shape index (κ3) is 5.40. The van der Waals surface area contributed by atoms with E-state index in [1.807, 2.05) is 30.3 Å². The van der Waals surface area contributed by atoms with E-state index in [0.29, 0.717) is 22.9 Å². The van der Waals surface area contributed by atoms with Crippen LogP contribution in [0.25, 0.3) is 0 Å². The molecule has 7 heteroatoms. The van der Waals surface area contributed by atoms with Crippen LogP contribution < -0.4 is 14.8 Å². The lowest BCUT2D eigenvalue weighted by molar-refractivity contribution is 0.102. The molecule has 0 unspecified atom stereocenters. The summed E-state index contributed by atoms with van der Waals surface area (Å²) in [6.07, 6.45) is 3.36. The zero-order valence-electron chi connectivity index (χ0n) is 16.7. The number of benzene rings is 2. The van der Waals surface area contributed by atoms with Crippen molar-refractivity contribution in [3.63, 3.8) is 0 Å². The molecular formula is C24H19N3O3S. The van der Waals surface area contributed by atoms with Crippen LogP contribution in [0.3, 0.4) is 0 Å². The fourth-order valence-electron chi connectivity index (χ4n) is 2.72. The van der Waals surface area contributed by atoms with Crippen molar-refractivity contribution in [2.45, 2.75) is 9.92 Å². The SMILES string of the molecule is COc1ccc(Oc2ncccc2NC(=O)c2ccc(Sc3ccccn3)cc2)cc1. The summed E-state index contributed by atoms with van der Waals surface area (Å²) in [6, 6.07) is 23.7. The lowest BCUT2D eigenvalue weighted by Crippen LogP contribution is -2.12. The van der Waals surface area contributed by atoms with Crippen LogP contribution in [0.5, 0.6) is 17.4 Å². The molecule has 2 aromatic carbocycles. The van der Waals surface area contributed by atoms with Crippen LogP contribution in [0.1, 0.15) is 10.4 Å². The first-order valence-electron chi connectivity index (χ1n) is 9.48. The molecule has 0 spiro atoms. The van der Waals surface area contributed by atoms with Crippen LogP contribution in [0.2, 0.25) is 0 Å². The highest BCUT2D eigenvalue weighted by atomic mass is 32.2. The number of aromatic nitrogens is 2. The molecule has 0 aliphatic rings. The zero-order valence-corrected chi connectivity index (χ0v) is 17.5. The second-order valence-electron chi connectivity index (χ2n) is 6.38. The molecule has 4 rings (SSSR count). The van der Waals surface area contributed by atoms with Gasteiger partial charge in [0, 0.05) is 22.9 Å². The quantitative estimate of drug-likeness (QED) is 0.407. The first-order valence-corrected chi connectivity index (χ1v) is 10.3. The molecule has 4 aromatic rings. The Morgan fingerprint density at radius 3 is 2.29 bits per heavy atom. The monoisotopic (exact) mass is 429 g/mol. The van der Waals surface area contributed by atoms with E-state index in [4.69, 9.17) is 9.47 Å². The molecule has 0 aliphatic carbocycles. The number of hydrogen-bond donors (Lipinski definition) is 1. The van der Waals surface area contributed by atoms with Crippen molar-refractivity contribution in [2.75, 3.05) is 12.4 Å². The Kier molecular flexibility index (Phi) is 6.44. The molecule has 1 amide bonds. The average molecular weight is 430 g/mol. The number of amides is 1. The number of ether oxygens (including phenoxy) is 2. The minimum Gasteiger partial charge on any atom is -0.497 e. The molecule has 2 aromatic heterocycles. The van der Waals surface area contributed by atoms with Crippen molar-refractivity contribution in [1.29, 1.82) is 0 Å². The lowest BCUT2D eigenvalue weighted by atomic mass is 10.2. The molecule has 0 radical (unpaired) electrons. The van der Waals surface area contributed by atoms with Crippen molar-refractivity contribution in [1.82, 2.24) is 9.97 Å².